The molecule has 17 nitrogen and oxygen atoms in total. The van der Waals surface area contributed by atoms with Crippen molar-refractivity contribution in [2.75, 3.05) is 39.6 Å². The van der Waals surface area contributed by atoms with E-state index in [4.69, 9.17) is 37.0 Å². The Morgan fingerprint density at radius 3 is 0.768 bits per heavy atom. The Morgan fingerprint density at radius 1 is 0.293 bits per heavy atom. The zero-order valence-electron chi connectivity index (χ0n) is 65.0. The molecule has 0 radical (unpaired) electrons. The normalized spacial score (nSPS) is 14.3. The number of unbranched alkanes of at least 4 members (excludes halogenated alkanes) is 45. The molecule has 0 aromatic carbocycles. The van der Waals surface area contributed by atoms with Crippen molar-refractivity contribution >= 4 is 39.5 Å². The van der Waals surface area contributed by atoms with Crippen molar-refractivity contribution < 1.29 is 80.2 Å². The predicted molar refractivity (Wildman–Crippen MR) is 405 cm³/mol. The highest BCUT2D eigenvalue weighted by Gasteiger charge is 2.30. The number of aliphatic hydroxyl groups excluding tert-OH is 1. The third kappa shape index (κ3) is 72.8. The number of carbonyl (C=O) groups excluding carboxylic acids is 4. The number of ether oxygens (including phenoxy) is 4. The Kier molecular flexibility index (Phi) is 69.0. The quantitative estimate of drug-likeness (QED) is 0.0222. The van der Waals surface area contributed by atoms with Crippen LogP contribution in [0.4, 0.5) is 0 Å². The molecule has 0 fully saturated rings. The van der Waals surface area contributed by atoms with Crippen LogP contribution < -0.4 is 0 Å². The molecule has 0 aromatic heterocycles. The van der Waals surface area contributed by atoms with Gasteiger partial charge in [0.2, 0.25) is 0 Å². The summed E-state index contributed by atoms with van der Waals surface area (Å²) in [6.45, 7) is 11.9. The van der Waals surface area contributed by atoms with Crippen molar-refractivity contribution in [3.63, 3.8) is 0 Å². The Hall–Kier alpha value is -1.94. The fourth-order valence-electron chi connectivity index (χ4n) is 12.3. The monoisotopic (exact) mass is 1450 g/mol. The third-order valence-corrected chi connectivity index (χ3v) is 20.9. The van der Waals surface area contributed by atoms with Crippen LogP contribution in [0, 0.1) is 17.8 Å². The molecule has 0 spiro atoms. The lowest BCUT2D eigenvalue weighted by Gasteiger charge is -2.21. The summed E-state index contributed by atoms with van der Waals surface area (Å²) >= 11 is 0. The maximum atomic E-state index is 13.1. The molecular formula is C80H156O17P2. The van der Waals surface area contributed by atoms with Crippen LogP contribution in [0.3, 0.4) is 0 Å². The molecule has 3 N–H and O–H groups in total. The average molecular weight is 1450 g/mol. The second-order valence-corrected chi connectivity index (χ2v) is 32.9. The number of rotatable bonds is 78. The first-order chi connectivity index (χ1) is 47.8. The third-order valence-electron chi connectivity index (χ3n) is 19.0. The summed E-state index contributed by atoms with van der Waals surface area (Å²) < 4.78 is 68.6. The van der Waals surface area contributed by atoms with Crippen LogP contribution in [-0.2, 0) is 65.4 Å². The fourth-order valence-corrected chi connectivity index (χ4v) is 13.9. The highest BCUT2D eigenvalue weighted by atomic mass is 31.2. The molecule has 0 heterocycles. The molecule has 0 saturated heterocycles. The highest BCUT2D eigenvalue weighted by Crippen LogP contribution is 2.45. The summed E-state index contributed by atoms with van der Waals surface area (Å²) in [7, 11) is -9.92. The van der Waals surface area contributed by atoms with Crippen LogP contribution in [-0.4, -0.2) is 96.7 Å². The summed E-state index contributed by atoms with van der Waals surface area (Å²) in [5.41, 5.74) is 0. The molecule has 588 valence electrons. The molecule has 19 heteroatoms. The lowest BCUT2D eigenvalue weighted by Crippen LogP contribution is -2.30. The van der Waals surface area contributed by atoms with Crippen molar-refractivity contribution in [1.82, 2.24) is 0 Å². The number of carbonyl (C=O) groups is 4. The molecule has 0 rings (SSSR count). The number of aliphatic hydroxyl groups is 1. The SMILES string of the molecule is CCCCCCCCCCCCCCCCCCCC(=O)OC[C@H](COP(=O)(O)OC[C@@H](O)COP(=O)(O)OC[C@@H](COC(=O)CCCCCCCCCC(C)C)OC(=O)CCCCCCCCCC(C)C)OC(=O)CCCCCCCCCCCCCCCCCCCCC(C)CC. The van der Waals surface area contributed by atoms with Gasteiger partial charge in [-0.15, -0.1) is 0 Å². The summed E-state index contributed by atoms with van der Waals surface area (Å²) in [5, 5.41) is 10.6. The minimum absolute atomic E-state index is 0.103. The lowest BCUT2D eigenvalue weighted by atomic mass is 9.99. The van der Waals surface area contributed by atoms with E-state index in [9.17, 15) is 43.2 Å². The Morgan fingerprint density at radius 2 is 0.515 bits per heavy atom. The maximum absolute atomic E-state index is 13.1. The molecule has 0 amide bonds. The standard InChI is InChI=1S/C80H156O17P2/c1-8-10-11-12-13-14-15-16-17-20-24-27-30-33-40-47-54-61-77(82)90-67-75(96-79(84)63-56-49-41-34-31-28-25-22-19-18-21-23-26-29-32-39-46-53-60-73(7)9-2)69-94-98(86,87)92-65-74(81)66-93-99(88,89)95-70-76(97-80(85)64-57-50-43-36-38-45-52-59-72(5)6)68-91-78(83)62-55-48-42-35-37-44-51-58-71(3)4/h71-76,81H,8-70H2,1-7H3,(H,86,87)(H,88,89)/t73?,74-,75-,76-/m1/s1. The van der Waals surface area contributed by atoms with Gasteiger partial charge in [0.05, 0.1) is 26.4 Å². The minimum Gasteiger partial charge on any atom is -0.462 e. The van der Waals surface area contributed by atoms with Crippen LogP contribution in [0.25, 0.3) is 0 Å². The summed E-state index contributed by atoms with van der Waals surface area (Å²) in [5.74, 6) is 0.155. The van der Waals surface area contributed by atoms with Gasteiger partial charge in [-0.3, -0.25) is 37.3 Å². The van der Waals surface area contributed by atoms with Gasteiger partial charge in [0.15, 0.2) is 12.2 Å². The first-order valence-electron chi connectivity index (χ1n) is 41.4. The maximum Gasteiger partial charge on any atom is 0.472 e. The van der Waals surface area contributed by atoms with Crippen molar-refractivity contribution in [2.24, 2.45) is 17.8 Å². The van der Waals surface area contributed by atoms with Crippen molar-refractivity contribution in [2.45, 2.75) is 433 Å². The topological polar surface area (TPSA) is 237 Å². The van der Waals surface area contributed by atoms with E-state index in [-0.39, 0.29) is 25.7 Å². The first-order valence-corrected chi connectivity index (χ1v) is 44.4. The van der Waals surface area contributed by atoms with Gasteiger partial charge in [0, 0.05) is 25.7 Å². The number of hydrogen-bond acceptors (Lipinski definition) is 15. The molecule has 0 aliphatic rings. The van der Waals surface area contributed by atoms with E-state index in [2.05, 4.69) is 48.5 Å². The van der Waals surface area contributed by atoms with E-state index >= 15 is 0 Å². The van der Waals surface area contributed by atoms with Gasteiger partial charge in [-0.25, -0.2) is 9.13 Å². The van der Waals surface area contributed by atoms with Gasteiger partial charge in [-0.1, -0.05) is 363 Å². The van der Waals surface area contributed by atoms with Gasteiger partial charge >= 0.3 is 39.5 Å². The van der Waals surface area contributed by atoms with Gasteiger partial charge in [-0.05, 0) is 43.4 Å². The van der Waals surface area contributed by atoms with Crippen molar-refractivity contribution in [3.8, 4) is 0 Å². The smallest absolute Gasteiger partial charge is 0.462 e. The van der Waals surface area contributed by atoms with E-state index in [0.29, 0.717) is 37.5 Å². The molecular weight excluding hydrogens is 1290 g/mol. The zero-order valence-corrected chi connectivity index (χ0v) is 66.8. The molecule has 6 atom stereocenters. The van der Waals surface area contributed by atoms with Crippen molar-refractivity contribution in [3.05, 3.63) is 0 Å². The molecule has 0 saturated carbocycles. The number of hydrogen-bond donors (Lipinski definition) is 3. The van der Waals surface area contributed by atoms with E-state index in [0.717, 1.165) is 102 Å². The number of phosphoric ester groups is 2. The van der Waals surface area contributed by atoms with Crippen LogP contribution >= 0.6 is 15.6 Å². The highest BCUT2D eigenvalue weighted by molar-refractivity contribution is 7.47. The fraction of sp³-hybridized carbons (Fsp3) is 0.950. The van der Waals surface area contributed by atoms with E-state index in [1.54, 1.807) is 0 Å². The summed E-state index contributed by atoms with van der Waals surface area (Å²) in [6, 6.07) is 0. The van der Waals surface area contributed by atoms with Gasteiger partial charge in [0.1, 0.15) is 19.3 Å². The average Bonchev–Trinajstić information content (AvgIpc) is 1.01. The first kappa shape index (κ1) is 97.1. The number of esters is 4. The summed E-state index contributed by atoms with van der Waals surface area (Å²) in [4.78, 5) is 72.9. The largest absolute Gasteiger partial charge is 0.472 e. The van der Waals surface area contributed by atoms with Gasteiger partial charge in [-0.2, -0.15) is 0 Å². The lowest BCUT2D eigenvalue weighted by molar-refractivity contribution is -0.161. The van der Waals surface area contributed by atoms with Gasteiger partial charge < -0.3 is 33.8 Å². The Bertz CT molecular complexity index is 1920. The molecule has 0 aliphatic heterocycles. The predicted octanol–water partition coefficient (Wildman–Crippen LogP) is 23.7. The molecule has 3 unspecified atom stereocenters. The molecule has 99 heavy (non-hydrogen) atoms. The Balaban J connectivity index is 5.19. The minimum atomic E-state index is -4.96. The zero-order chi connectivity index (χ0) is 73.0. The van der Waals surface area contributed by atoms with Crippen LogP contribution in [0.1, 0.15) is 414 Å². The van der Waals surface area contributed by atoms with E-state index in [1.165, 1.54) is 218 Å². The van der Waals surface area contributed by atoms with Crippen LogP contribution in [0.5, 0.6) is 0 Å². The Labute approximate surface area is 607 Å². The van der Waals surface area contributed by atoms with Crippen LogP contribution in [0.2, 0.25) is 0 Å². The molecule has 0 aliphatic carbocycles. The van der Waals surface area contributed by atoms with E-state index < -0.39 is 97.5 Å². The van der Waals surface area contributed by atoms with Crippen molar-refractivity contribution in [1.29, 1.82) is 0 Å². The van der Waals surface area contributed by atoms with E-state index in [1.807, 2.05) is 0 Å². The molecule has 0 aromatic rings. The second-order valence-electron chi connectivity index (χ2n) is 30.0. The molecule has 0 bridgehead atoms. The summed E-state index contributed by atoms with van der Waals surface area (Å²) in [6.07, 6.45) is 58.6. The second kappa shape index (κ2) is 70.4. The number of phosphoric acid groups is 2. The van der Waals surface area contributed by atoms with Crippen LogP contribution in [0.15, 0.2) is 0 Å². The van der Waals surface area contributed by atoms with Gasteiger partial charge in [0.25, 0.3) is 0 Å².